The van der Waals surface area contributed by atoms with Crippen molar-refractivity contribution in [2.45, 2.75) is 18.4 Å². The summed E-state index contributed by atoms with van der Waals surface area (Å²) in [5.41, 5.74) is 5.05. The predicted molar refractivity (Wildman–Crippen MR) is 130 cm³/mol. The van der Waals surface area contributed by atoms with Gasteiger partial charge in [-0.2, -0.15) is 4.31 Å². The number of para-hydroxylation sites is 2. The number of hydrogen-bond acceptors (Lipinski definition) is 7. The summed E-state index contributed by atoms with van der Waals surface area (Å²) in [4.78, 5) is 22.2. The summed E-state index contributed by atoms with van der Waals surface area (Å²) in [6.07, 6.45) is 0. The molecule has 1 aliphatic rings. The van der Waals surface area contributed by atoms with E-state index in [1.165, 1.54) is 21.7 Å². The second kappa shape index (κ2) is 9.26. The zero-order valence-corrected chi connectivity index (χ0v) is 20.1. The Morgan fingerprint density at radius 3 is 2.74 bits per heavy atom. The zero-order valence-electron chi connectivity index (χ0n) is 18.5. The molecular weight excluding hydrogens is 474 g/mol. The number of aromatic nitrogens is 3. The lowest BCUT2D eigenvalue weighted by Gasteiger charge is -2.26. The van der Waals surface area contributed by atoms with Crippen LogP contribution in [0.15, 0.2) is 58.3 Å². The molecule has 4 aromatic rings. The van der Waals surface area contributed by atoms with Gasteiger partial charge in [0.15, 0.2) is 5.82 Å². The lowest BCUT2D eigenvalue weighted by atomic mass is 10.2. The highest BCUT2D eigenvalue weighted by atomic mass is 32.2. The number of hydrogen-bond donors (Lipinski definition) is 1. The summed E-state index contributed by atoms with van der Waals surface area (Å²) < 4.78 is 34.8. The number of ether oxygens (including phenoxy) is 1. The summed E-state index contributed by atoms with van der Waals surface area (Å²) in [5, 5.41) is 4.73. The predicted octanol–water partition coefficient (Wildman–Crippen LogP) is 3.13. The van der Waals surface area contributed by atoms with Crippen molar-refractivity contribution >= 4 is 44.0 Å². The highest BCUT2D eigenvalue weighted by molar-refractivity contribution is 7.89. The maximum Gasteiger partial charge on any atom is 0.244 e. The number of aryl methyl sites for hydroxylation is 1. The number of fused-ring (bicyclic) bond motifs is 1. The Morgan fingerprint density at radius 2 is 1.97 bits per heavy atom. The Morgan fingerprint density at radius 1 is 1.18 bits per heavy atom. The van der Waals surface area contributed by atoms with E-state index in [9.17, 15) is 13.2 Å². The number of rotatable bonds is 6. The van der Waals surface area contributed by atoms with Crippen molar-refractivity contribution in [3.63, 3.8) is 0 Å². The van der Waals surface area contributed by atoms with Crippen molar-refractivity contribution in [1.29, 1.82) is 0 Å². The lowest BCUT2D eigenvalue weighted by Crippen LogP contribution is -2.40. The molecule has 1 amide bonds. The first-order valence-corrected chi connectivity index (χ1v) is 13.1. The van der Waals surface area contributed by atoms with Gasteiger partial charge in [0, 0.05) is 24.2 Å². The smallest absolute Gasteiger partial charge is 0.244 e. The van der Waals surface area contributed by atoms with E-state index in [1.807, 2.05) is 34.2 Å². The molecular formula is C23H23N5O4S2. The Labute approximate surface area is 201 Å². The SMILES string of the molecule is Cc1ccc(NC(=O)Cn2c(-c3cscn3)nc3ccccc32)cc1S(=O)(=O)N1CCOCC1. The third-order valence-electron chi connectivity index (χ3n) is 5.68. The monoisotopic (exact) mass is 497 g/mol. The number of anilines is 1. The first-order valence-electron chi connectivity index (χ1n) is 10.8. The Balaban J connectivity index is 1.42. The molecule has 0 spiro atoms. The maximum absolute atomic E-state index is 13.2. The van der Waals surface area contributed by atoms with Crippen molar-refractivity contribution in [2.24, 2.45) is 0 Å². The fourth-order valence-electron chi connectivity index (χ4n) is 3.98. The van der Waals surface area contributed by atoms with Crippen LogP contribution in [0.25, 0.3) is 22.6 Å². The van der Waals surface area contributed by atoms with Gasteiger partial charge in [0.25, 0.3) is 0 Å². The van der Waals surface area contributed by atoms with Crippen molar-refractivity contribution in [2.75, 3.05) is 31.6 Å². The first-order chi connectivity index (χ1) is 16.4. The highest BCUT2D eigenvalue weighted by Crippen LogP contribution is 2.26. The van der Waals surface area contributed by atoms with Gasteiger partial charge in [-0.15, -0.1) is 11.3 Å². The molecule has 3 heterocycles. The number of amides is 1. The minimum Gasteiger partial charge on any atom is -0.379 e. The Bertz CT molecular complexity index is 1440. The third kappa shape index (κ3) is 4.34. The molecule has 0 saturated carbocycles. The number of thiazole rings is 1. The molecule has 1 aliphatic heterocycles. The fourth-order valence-corrected chi connectivity index (χ4v) is 6.17. The van der Waals surface area contributed by atoms with E-state index < -0.39 is 10.0 Å². The van der Waals surface area contributed by atoms with Crippen LogP contribution in [-0.4, -0.2) is 59.5 Å². The number of carbonyl (C=O) groups excluding carboxylic acids is 1. The number of imidazole rings is 1. The van der Waals surface area contributed by atoms with E-state index in [0.29, 0.717) is 49.1 Å². The molecule has 0 atom stereocenters. The second-order valence-corrected chi connectivity index (χ2v) is 10.6. The number of nitrogens with zero attached hydrogens (tertiary/aromatic N) is 4. The van der Waals surface area contributed by atoms with Gasteiger partial charge in [-0.25, -0.2) is 18.4 Å². The Hall–Kier alpha value is -3.12. The average Bonchev–Trinajstić information content (AvgIpc) is 3.49. The molecule has 0 aliphatic carbocycles. The average molecular weight is 498 g/mol. The first kappa shape index (κ1) is 22.7. The summed E-state index contributed by atoms with van der Waals surface area (Å²) in [6.45, 7) is 3.12. The van der Waals surface area contributed by atoms with Crippen molar-refractivity contribution < 1.29 is 17.9 Å². The van der Waals surface area contributed by atoms with E-state index >= 15 is 0 Å². The normalized spacial score (nSPS) is 15.0. The zero-order chi connectivity index (χ0) is 23.7. The standard InChI is InChI=1S/C23H23N5O4S2/c1-16-6-7-17(12-21(16)34(30,31)27-8-10-32-11-9-27)25-22(29)13-28-20-5-3-2-4-18(20)26-23(28)19-14-33-15-24-19/h2-7,12,14-15H,8-11,13H2,1H3,(H,25,29). The van der Waals surface area contributed by atoms with Crippen LogP contribution in [0.4, 0.5) is 5.69 Å². The minimum absolute atomic E-state index is 0.00674. The fraction of sp³-hybridized carbons (Fsp3) is 0.261. The molecule has 2 aromatic carbocycles. The molecule has 34 heavy (non-hydrogen) atoms. The molecule has 1 N–H and O–H groups in total. The lowest BCUT2D eigenvalue weighted by molar-refractivity contribution is -0.116. The number of nitrogens with one attached hydrogen (secondary N) is 1. The third-order valence-corrected chi connectivity index (χ3v) is 8.30. The van der Waals surface area contributed by atoms with Crippen LogP contribution in [0.1, 0.15) is 5.56 Å². The molecule has 11 heteroatoms. The molecule has 0 radical (unpaired) electrons. The van der Waals surface area contributed by atoms with Gasteiger partial charge in [-0.3, -0.25) is 4.79 Å². The van der Waals surface area contributed by atoms with Gasteiger partial charge < -0.3 is 14.6 Å². The summed E-state index contributed by atoms with van der Waals surface area (Å²) in [7, 11) is -3.69. The molecule has 0 bridgehead atoms. The van der Waals surface area contributed by atoms with E-state index in [4.69, 9.17) is 4.74 Å². The quantitative estimate of drug-likeness (QED) is 0.439. The number of morpholine rings is 1. The van der Waals surface area contributed by atoms with Gasteiger partial charge >= 0.3 is 0 Å². The van der Waals surface area contributed by atoms with Gasteiger partial charge in [0.1, 0.15) is 12.2 Å². The summed E-state index contributed by atoms with van der Waals surface area (Å²) >= 11 is 1.46. The van der Waals surface area contributed by atoms with Crippen molar-refractivity contribution in [3.05, 3.63) is 58.9 Å². The second-order valence-electron chi connectivity index (χ2n) is 7.93. The molecule has 9 nitrogen and oxygen atoms in total. The van der Waals surface area contributed by atoms with Crippen LogP contribution in [0.2, 0.25) is 0 Å². The maximum atomic E-state index is 13.2. The number of carbonyl (C=O) groups is 1. The molecule has 1 saturated heterocycles. The summed E-state index contributed by atoms with van der Waals surface area (Å²) in [6, 6.07) is 12.5. The minimum atomic E-state index is -3.69. The van der Waals surface area contributed by atoms with Gasteiger partial charge in [-0.1, -0.05) is 18.2 Å². The molecule has 5 rings (SSSR count). The Kier molecular flexibility index (Phi) is 6.17. The van der Waals surface area contributed by atoms with Crippen LogP contribution in [0, 0.1) is 6.92 Å². The largest absolute Gasteiger partial charge is 0.379 e. The van der Waals surface area contributed by atoms with Crippen LogP contribution in [0.3, 0.4) is 0 Å². The number of sulfonamides is 1. The van der Waals surface area contributed by atoms with Gasteiger partial charge in [0.2, 0.25) is 15.9 Å². The van der Waals surface area contributed by atoms with Gasteiger partial charge in [-0.05, 0) is 36.8 Å². The van der Waals surface area contributed by atoms with E-state index in [2.05, 4.69) is 15.3 Å². The van der Waals surface area contributed by atoms with Crippen molar-refractivity contribution in [3.8, 4) is 11.5 Å². The van der Waals surface area contributed by atoms with Gasteiger partial charge in [0.05, 0.1) is 34.7 Å². The van der Waals surface area contributed by atoms with Crippen LogP contribution in [0.5, 0.6) is 0 Å². The molecule has 0 unspecified atom stereocenters. The topological polar surface area (TPSA) is 106 Å². The number of benzene rings is 2. The van der Waals surface area contributed by atoms with Crippen LogP contribution >= 0.6 is 11.3 Å². The molecule has 2 aromatic heterocycles. The molecule has 1 fully saturated rings. The van der Waals surface area contributed by atoms with Crippen LogP contribution in [-0.2, 0) is 26.1 Å². The van der Waals surface area contributed by atoms with E-state index in [-0.39, 0.29) is 17.3 Å². The van der Waals surface area contributed by atoms with Crippen molar-refractivity contribution in [1.82, 2.24) is 18.8 Å². The summed E-state index contributed by atoms with van der Waals surface area (Å²) in [5.74, 6) is 0.315. The molecule has 176 valence electrons. The highest BCUT2D eigenvalue weighted by Gasteiger charge is 2.28. The van der Waals surface area contributed by atoms with Crippen LogP contribution < -0.4 is 5.32 Å². The van der Waals surface area contributed by atoms with E-state index in [0.717, 1.165) is 11.0 Å². The van der Waals surface area contributed by atoms with E-state index in [1.54, 1.807) is 24.6 Å².